The first-order chi connectivity index (χ1) is 11.4. The largest absolute Gasteiger partial charge is 0.360 e. The van der Waals surface area contributed by atoms with E-state index in [1.54, 1.807) is 12.1 Å². The van der Waals surface area contributed by atoms with Gasteiger partial charge in [-0.05, 0) is 49.2 Å². The summed E-state index contributed by atoms with van der Waals surface area (Å²) < 4.78 is 0. The van der Waals surface area contributed by atoms with Gasteiger partial charge in [-0.25, -0.2) is 0 Å². The van der Waals surface area contributed by atoms with Crippen LogP contribution in [0.4, 0.5) is 22.7 Å². The summed E-state index contributed by atoms with van der Waals surface area (Å²) in [6, 6.07) is 10.4. The lowest BCUT2D eigenvalue weighted by molar-refractivity contribution is -0.384. The van der Waals surface area contributed by atoms with E-state index in [1.807, 2.05) is 26.0 Å². The van der Waals surface area contributed by atoms with E-state index < -0.39 is 10.3 Å². The number of anilines is 3. The van der Waals surface area contributed by atoms with Gasteiger partial charge in [-0.1, -0.05) is 0 Å². The van der Waals surface area contributed by atoms with Crippen LogP contribution in [0.5, 0.6) is 0 Å². The molecule has 0 spiro atoms. The molecule has 2 aromatic carbocycles. The number of fused-ring (bicyclic) bond motifs is 2. The monoisotopic (exact) mass is 324 g/mol. The Morgan fingerprint density at radius 3 is 2.29 bits per heavy atom. The first-order valence-corrected chi connectivity index (χ1v) is 7.63. The number of non-ortho nitro benzene ring substituents is 1. The van der Waals surface area contributed by atoms with Crippen LogP contribution in [0.15, 0.2) is 36.4 Å². The molecule has 3 N–H and O–H groups in total. The minimum atomic E-state index is -0.558. The maximum atomic E-state index is 12.0. The van der Waals surface area contributed by atoms with Crippen molar-refractivity contribution in [1.29, 1.82) is 0 Å². The van der Waals surface area contributed by atoms with Crippen LogP contribution in [0.3, 0.4) is 0 Å². The highest BCUT2D eigenvalue weighted by molar-refractivity contribution is 6.07. The number of nitrogens with one attached hydrogen (secondary N) is 3. The van der Waals surface area contributed by atoms with Crippen molar-refractivity contribution in [3.05, 3.63) is 57.6 Å². The SMILES string of the molecule is CC1(C)C(=O)Nc2cc3c(cc21)NC(c1ccc([N+](=O)[O-])cc1)N3. The number of nitrogens with zero attached hydrogens (tertiary/aromatic N) is 1. The van der Waals surface area contributed by atoms with Gasteiger partial charge in [0.15, 0.2) is 0 Å². The van der Waals surface area contributed by atoms with Gasteiger partial charge in [0.05, 0.1) is 21.7 Å². The summed E-state index contributed by atoms with van der Waals surface area (Å²) in [4.78, 5) is 22.4. The summed E-state index contributed by atoms with van der Waals surface area (Å²) in [6.07, 6.45) is -0.165. The number of carbonyl (C=O) groups is 1. The number of amides is 1. The molecule has 2 aromatic rings. The van der Waals surface area contributed by atoms with Crippen LogP contribution in [0.25, 0.3) is 0 Å². The van der Waals surface area contributed by atoms with Gasteiger partial charge in [-0.15, -0.1) is 0 Å². The van der Waals surface area contributed by atoms with Crippen LogP contribution in [-0.2, 0) is 10.2 Å². The molecule has 4 rings (SSSR count). The van der Waals surface area contributed by atoms with Crippen molar-refractivity contribution in [3.63, 3.8) is 0 Å². The Hall–Kier alpha value is -3.09. The molecule has 7 heteroatoms. The molecule has 0 aromatic heterocycles. The van der Waals surface area contributed by atoms with E-state index in [9.17, 15) is 14.9 Å². The summed E-state index contributed by atoms with van der Waals surface area (Å²) in [5.41, 5.74) is 4.01. The molecule has 122 valence electrons. The van der Waals surface area contributed by atoms with Crippen molar-refractivity contribution in [1.82, 2.24) is 0 Å². The molecule has 0 saturated carbocycles. The number of benzene rings is 2. The molecule has 0 fully saturated rings. The lowest BCUT2D eigenvalue weighted by Gasteiger charge is -2.15. The lowest BCUT2D eigenvalue weighted by atomic mass is 9.86. The van der Waals surface area contributed by atoms with E-state index in [2.05, 4.69) is 16.0 Å². The minimum absolute atomic E-state index is 0.00640. The third-order valence-electron chi connectivity index (χ3n) is 4.68. The zero-order valence-corrected chi connectivity index (χ0v) is 13.2. The molecule has 24 heavy (non-hydrogen) atoms. The fourth-order valence-corrected chi connectivity index (χ4v) is 3.16. The highest BCUT2D eigenvalue weighted by Gasteiger charge is 2.39. The van der Waals surface area contributed by atoms with E-state index >= 15 is 0 Å². The van der Waals surface area contributed by atoms with Gasteiger partial charge in [0.25, 0.3) is 5.69 Å². The lowest BCUT2D eigenvalue weighted by Crippen LogP contribution is -2.26. The van der Waals surface area contributed by atoms with Gasteiger partial charge in [-0.3, -0.25) is 14.9 Å². The van der Waals surface area contributed by atoms with Gasteiger partial charge in [-0.2, -0.15) is 0 Å². The molecule has 2 heterocycles. The zero-order chi connectivity index (χ0) is 17.1. The Kier molecular flexibility index (Phi) is 2.84. The summed E-state index contributed by atoms with van der Waals surface area (Å²) in [5.74, 6) is -0.00640. The van der Waals surface area contributed by atoms with Crippen LogP contribution in [0, 0.1) is 10.1 Å². The highest BCUT2D eigenvalue weighted by Crippen LogP contribution is 2.45. The predicted octanol–water partition coefficient (Wildman–Crippen LogP) is 3.36. The molecule has 0 bridgehead atoms. The molecule has 2 aliphatic heterocycles. The molecular formula is C17H16N4O3. The van der Waals surface area contributed by atoms with Crippen molar-refractivity contribution < 1.29 is 9.72 Å². The van der Waals surface area contributed by atoms with Gasteiger partial charge in [0.2, 0.25) is 5.91 Å². The van der Waals surface area contributed by atoms with E-state index in [1.165, 1.54) is 12.1 Å². The summed E-state index contributed by atoms with van der Waals surface area (Å²) >= 11 is 0. The number of rotatable bonds is 2. The summed E-state index contributed by atoms with van der Waals surface area (Å²) in [7, 11) is 0. The van der Waals surface area contributed by atoms with E-state index in [0.29, 0.717) is 0 Å². The molecule has 0 saturated heterocycles. The predicted molar refractivity (Wildman–Crippen MR) is 91.2 cm³/mol. The van der Waals surface area contributed by atoms with E-state index in [0.717, 1.165) is 28.2 Å². The average molecular weight is 324 g/mol. The summed E-state index contributed by atoms with van der Waals surface area (Å²) in [5, 5.41) is 20.4. The van der Waals surface area contributed by atoms with Gasteiger partial charge in [0, 0.05) is 17.8 Å². The Balaban J connectivity index is 1.64. The Bertz CT molecular complexity index is 874. The first-order valence-electron chi connectivity index (χ1n) is 7.63. The van der Waals surface area contributed by atoms with Crippen LogP contribution >= 0.6 is 0 Å². The fourth-order valence-electron chi connectivity index (χ4n) is 3.16. The second-order valence-corrected chi connectivity index (χ2v) is 6.59. The minimum Gasteiger partial charge on any atom is -0.360 e. The average Bonchev–Trinajstić information content (AvgIpc) is 3.05. The number of nitro benzene ring substituents is 1. The van der Waals surface area contributed by atoms with Crippen LogP contribution in [-0.4, -0.2) is 10.8 Å². The van der Waals surface area contributed by atoms with Crippen molar-refractivity contribution in [3.8, 4) is 0 Å². The third-order valence-corrected chi connectivity index (χ3v) is 4.68. The summed E-state index contributed by atoms with van der Waals surface area (Å²) in [6.45, 7) is 3.80. The van der Waals surface area contributed by atoms with Crippen LogP contribution in [0.2, 0.25) is 0 Å². The molecule has 0 aliphatic carbocycles. The Morgan fingerprint density at radius 2 is 1.67 bits per heavy atom. The van der Waals surface area contributed by atoms with Crippen molar-refractivity contribution in [2.45, 2.75) is 25.4 Å². The number of carbonyl (C=O) groups excluding carboxylic acids is 1. The molecule has 1 amide bonds. The highest BCUT2D eigenvalue weighted by atomic mass is 16.6. The van der Waals surface area contributed by atoms with Gasteiger partial charge in [0.1, 0.15) is 6.17 Å². The van der Waals surface area contributed by atoms with Gasteiger partial charge < -0.3 is 16.0 Å². The van der Waals surface area contributed by atoms with E-state index in [4.69, 9.17) is 0 Å². The van der Waals surface area contributed by atoms with Crippen LogP contribution < -0.4 is 16.0 Å². The molecule has 1 atom stereocenters. The maximum Gasteiger partial charge on any atom is 0.269 e. The van der Waals surface area contributed by atoms with Crippen molar-refractivity contribution >= 4 is 28.7 Å². The normalized spacial score (nSPS) is 19.8. The number of hydrogen-bond acceptors (Lipinski definition) is 5. The Labute approximate surface area is 138 Å². The third kappa shape index (κ3) is 2.01. The standard InChI is InChI=1S/C17H16N4O3/c1-17(2)11-7-13-14(8-12(11)20-16(17)22)19-15(18-13)9-3-5-10(6-4-9)21(23)24/h3-8,15,18-19H,1-2H3,(H,20,22). The zero-order valence-electron chi connectivity index (χ0n) is 13.2. The smallest absolute Gasteiger partial charge is 0.269 e. The quantitative estimate of drug-likeness (QED) is 0.581. The van der Waals surface area contributed by atoms with Crippen LogP contribution in [0.1, 0.15) is 31.1 Å². The second-order valence-electron chi connectivity index (χ2n) is 6.59. The second kappa shape index (κ2) is 4.70. The molecule has 2 aliphatic rings. The molecular weight excluding hydrogens is 308 g/mol. The molecule has 7 nitrogen and oxygen atoms in total. The van der Waals surface area contributed by atoms with Gasteiger partial charge >= 0.3 is 0 Å². The molecule has 1 unspecified atom stereocenters. The topological polar surface area (TPSA) is 96.3 Å². The molecule has 0 radical (unpaired) electrons. The fraction of sp³-hybridized carbons (Fsp3) is 0.235. The first kappa shape index (κ1) is 14.5. The van der Waals surface area contributed by atoms with Crippen molar-refractivity contribution in [2.75, 3.05) is 16.0 Å². The van der Waals surface area contributed by atoms with E-state index in [-0.39, 0.29) is 17.8 Å². The number of nitro groups is 1. The maximum absolute atomic E-state index is 12.0. The van der Waals surface area contributed by atoms with Crippen molar-refractivity contribution in [2.24, 2.45) is 0 Å². The number of hydrogen-bond donors (Lipinski definition) is 3. The Morgan fingerprint density at radius 1 is 1.04 bits per heavy atom.